The lowest BCUT2D eigenvalue weighted by molar-refractivity contribution is 0.0618. The van der Waals surface area contributed by atoms with E-state index in [0.717, 1.165) is 17.5 Å². The molecule has 0 spiro atoms. The summed E-state index contributed by atoms with van der Waals surface area (Å²) in [6.45, 7) is 7.05. The molecular formula is C17H19N3O2. The molecule has 5 nitrogen and oxygen atoms in total. The van der Waals surface area contributed by atoms with Gasteiger partial charge in [-0.3, -0.25) is 4.79 Å². The second-order valence-electron chi connectivity index (χ2n) is 6.18. The molecule has 114 valence electrons. The fourth-order valence-electron chi connectivity index (χ4n) is 3.61. The average molecular weight is 297 g/mol. The molecule has 1 atom stereocenters. The highest BCUT2D eigenvalue weighted by molar-refractivity contribution is 5.97. The van der Waals surface area contributed by atoms with Gasteiger partial charge in [-0.1, -0.05) is 12.7 Å². The first-order valence-electron chi connectivity index (χ1n) is 7.77. The molecule has 0 aromatic carbocycles. The highest BCUT2D eigenvalue weighted by Crippen LogP contribution is 2.28. The Labute approximate surface area is 129 Å². The second kappa shape index (κ2) is 5.25. The van der Waals surface area contributed by atoms with Crippen LogP contribution >= 0.6 is 0 Å². The Bertz CT molecular complexity index is 729. The van der Waals surface area contributed by atoms with Gasteiger partial charge in [0.25, 0.3) is 5.91 Å². The zero-order valence-corrected chi connectivity index (χ0v) is 12.4. The van der Waals surface area contributed by atoms with E-state index in [-0.39, 0.29) is 11.9 Å². The molecule has 2 aromatic heterocycles. The molecule has 2 bridgehead atoms. The molecule has 1 unspecified atom stereocenters. The highest BCUT2D eigenvalue weighted by Gasteiger charge is 2.35. The maximum absolute atomic E-state index is 12.5. The SMILES string of the molecule is C=Cc1coc2cnc(C(=O)NC3CN4CCC3CC4)cc12. The summed E-state index contributed by atoms with van der Waals surface area (Å²) in [4.78, 5) is 19.2. The minimum absolute atomic E-state index is 0.100. The summed E-state index contributed by atoms with van der Waals surface area (Å²) < 4.78 is 5.39. The largest absolute Gasteiger partial charge is 0.462 e. The van der Waals surface area contributed by atoms with Crippen LogP contribution in [0.2, 0.25) is 0 Å². The first-order chi connectivity index (χ1) is 10.7. The number of carbonyl (C=O) groups is 1. The van der Waals surface area contributed by atoms with Gasteiger partial charge in [-0.25, -0.2) is 4.98 Å². The van der Waals surface area contributed by atoms with Gasteiger partial charge in [-0.15, -0.1) is 0 Å². The van der Waals surface area contributed by atoms with Crippen molar-refractivity contribution in [3.63, 3.8) is 0 Å². The van der Waals surface area contributed by atoms with E-state index in [1.807, 2.05) is 0 Å². The summed E-state index contributed by atoms with van der Waals surface area (Å²) in [7, 11) is 0. The third-order valence-electron chi connectivity index (χ3n) is 4.92. The van der Waals surface area contributed by atoms with Crippen molar-refractivity contribution < 1.29 is 9.21 Å². The van der Waals surface area contributed by atoms with Gasteiger partial charge in [0.2, 0.25) is 0 Å². The van der Waals surface area contributed by atoms with Crippen LogP contribution in [0.25, 0.3) is 17.0 Å². The predicted octanol–water partition coefficient (Wildman–Crippen LogP) is 2.29. The fourth-order valence-corrected chi connectivity index (χ4v) is 3.61. The second-order valence-corrected chi connectivity index (χ2v) is 6.18. The molecule has 2 aromatic rings. The van der Waals surface area contributed by atoms with E-state index >= 15 is 0 Å². The molecule has 5 heterocycles. The molecule has 1 N–H and O–H groups in total. The number of piperidine rings is 3. The van der Waals surface area contributed by atoms with E-state index in [1.54, 1.807) is 24.6 Å². The topological polar surface area (TPSA) is 58.4 Å². The van der Waals surface area contributed by atoms with Crippen LogP contribution in [0, 0.1) is 5.92 Å². The molecule has 3 saturated heterocycles. The number of pyridine rings is 1. The standard InChI is InChI=1S/C17H19N3O2/c1-2-11-10-22-16-8-18-14(7-13(11)16)17(21)19-15-9-20-5-3-12(15)4-6-20/h2,7-8,10,12,15H,1,3-6,9H2,(H,19,21). The minimum Gasteiger partial charge on any atom is -0.462 e. The maximum atomic E-state index is 12.5. The lowest BCUT2D eigenvalue weighted by Crippen LogP contribution is -2.57. The molecule has 0 radical (unpaired) electrons. The van der Waals surface area contributed by atoms with Crippen LogP contribution in [0.15, 0.2) is 29.5 Å². The summed E-state index contributed by atoms with van der Waals surface area (Å²) in [6, 6.07) is 2.03. The van der Waals surface area contributed by atoms with Gasteiger partial charge < -0.3 is 14.6 Å². The number of nitrogens with zero attached hydrogens (tertiary/aromatic N) is 2. The number of nitrogens with one attached hydrogen (secondary N) is 1. The summed E-state index contributed by atoms with van der Waals surface area (Å²) >= 11 is 0. The molecule has 0 saturated carbocycles. The van der Waals surface area contributed by atoms with Crippen molar-refractivity contribution in [3.8, 4) is 0 Å². The third kappa shape index (κ3) is 2.22. The monoisotopic (exact) mass is 297 g/mol. The van der Waals surface area contributed by atoms with E-state index in [9.17, 15) is 4.79 Å². The van der Waals surface area contributed by atoms with Crippen molar-refractivity contribution in [2.24, 2.45) is 5.92 Å². The van der Waals surface area contributed by atoms with Crippen molar-refractivity contribution >= 4 is 23.0 Å². The zero-order valence-electron chi connectivity index (χ0n) is 12.4. The number of carbonyl (C=O) groups excluding carboxylic acids is 1. The lowest BCUT2D eigenvalue weighted by atomic mass is 9.84. The van der Waals surface area contributed by atoms with Crippen molar-refractivity contribution in [2.75, 3.05) is 19.6 Å². The molecule has 22 heavy (non-hydrogen) atoms. The van der Waals surface area contributed by atoms with Gasteiger partial charge in [0.05, 0.1) is 12.5 Å². The first-order valence-corrected chi connectivity index (χ1v) is 7.77. The maximum Gasteiger partial charge on any atom is 0.270 e. The molecule has 5 heteroatoms. The van der Waals surface area contributed by atoms with Crippen LogP contribution in [0.3, 0.4) is 0 Å². The Morgan fingerprint density at radius 3 is 2.95 bits per heavy atom. The quantitative estimate of drug-likeness (QED) is 0.944. The van der Waals surface area contributed by atoms with E-state index in [4.69, 9.17) is 4.42 Å². The molecule has 3 aliphatic rings. The predicted molar refractivity (Wildman–Crippen MR) is 84.5 cm³/mol. The summed E-state index contributed by atoms with van der Waals surface area (Å²) in [6.07, 6.45) is 7.32. The van der Waals surface area contributed by atoms with Crippen LogP contribution in [-0.4, -0.2) is 41.5 Å². The smallest absolute Gasteiger partial charge is 0.270 e. The minimum atomic E-state index is -0.100. The van der Waals surface area contributed by atoms with Crippen LogP contribution in [-0.2, 0) is 0 Å². The van der Waals surface area contributed by atoms with Crippen molar-refractivity contribution in [1.29, 1.82) is 0 Å². The highest BCUT2D eigenvalue weighted by atomic mass is 16.3. The Kier molecular flexibility index (Phi) is 3.22. The van der Waals surface area contributed by atoms with E-state index < -0.39 is 0 Å². The Morgan fingerprint density at radius 1 is 1.45 bits per heavy atom. The summed E-state index contributed by atoms with van der Waals surface area (Å²) in [5.74, 6) is 0.507. The molecular weight excluding hydrogens is 278 g/mol. The Morgan fingerprint density at radius 2 is 2.27 bits per heavy atom. The van der Waals surface area contributed by atoms with E-state index in [1.165, 1.54) is 25.9 Å². The third-order valence-corrected chi connectivity index (χ3v) is 4.92. The van der Waals surface area contributed by atoms with Gasteiger partial charge in [0, 0.05) is 23.5 Å². The van der Waals surface area contributed by atoms with Crippen LogP contribution in [0.5, 0.6) is 0 Å². The van der Waals surface area contributed by atoms with Gasteiger partial charge >= 0.3 is 0 Å². The van der Waals surface area contributed by atoms with E-state index in [2.05, 4.69) is 21.8 Å². The van der Waals surface area contributed by atoms with Gasteiger partial charge in [-0.05, 0) is 37.9 Å². The molecule has 5 rings (SSSR count). The lowest BCUT2D eigenvalue weighted by Gasteiger charge is -2.44. The number of aromatic nitrogens is 1. The van der Waals surface area contributed by atoms with Crippen molar-refractivity contribution in [1.82, 2.24) is 15.2 Å². The van der Waals surface area contributed by atoms with Crippen LogP contribution in [0.1, 0.15) is 28.9 Å². The number of hydrogen-bond donors (Lipinski definition) is 1. The molecule has 3 aliphatic heterocycles. The summed E-state index contributed by atoms with van der Waals surface area (Å²) in [5.41, 5.74) is 2.00. The van der Waals surface area contributed by atoms with E-state index in [0.29, 0.717) is 17.2 Å². The number of fused-ring (bicyclic) bond motifs is 4. The molecule has 1 amide bonds. The van der Waals surface area contributed by atoms with Gasteiger partial charge in [0.1, 0.15) is 5.69 Å². The van der Waals surface area contributed by atoms with Crippen molar-refractivity contribution in [3.05, 3.63) is 36.4 Å². The van der Waals surface area contributed by atoms with Gasteiger partial charge in [0.15, 0.2) is 5.58 Å². The normalized spacial score (nSPS) is 27.0. The number of amides is 1. The molecule has 3 fully saturated rings. The van der Waals surface area contributed by atoms with Crippen molar-refractivity contribution in [2.45, 2.75) is 18.9 Å². The molecule has 0 aliphatic carbocycles. The fraction of sp³-hybridized carbons (Fsp3) is 0.412. The number of furan rings is 1. The first kappa shape index (κ1) is 13.5. The zero-order chi connectivity index (χ0) is 15.1. The summed E-state index contributed by atoms with van der Waals surface area (Å²) in [5, 5.41) is 4.04. The number of rotatable bonds is 3. The Hall–Kier alpha value is -2.14. The van der Waals surface area contributed by atoms with Crippen LogP contribution in [0.4, 0.5) is 0 Å². The number of hydrogen-bond acceptors (Lipinski definition) is 4. The average Bonchev–Trinajstić information content (AvgIpc) is 2.98. The van der Waals surface area contributed by atoms with Gasteiger partial charge in [-0.2, -0.15) is 0 Å². The Balaban J connectivity index is 1.56. The van der Waals surface area contributed by atoms with Crippen LogP contribution < -0.4 is 5.32 Å².